The van der Waals surface area contributed by atoms with Crippen molar-refractivity contribution in [3.63, 3.8) is 0 Å². The molecule has 120 valence electrons. The number of benzene rings is 3. The molecule has 2 amide bonds. The van der Waals surface area contributed by atoms with Gasteiger partial charge in [-0.05, 0) is 30.0 Å². The molecule has 0 aliphatic heterocycles. The van der Waals surface area contributed by atoms with Crippen LogP contribution < -0.4 is 10.6 Å². The normalized spacial score (nSPS) is 10.4. The van der Waals surface area contributed by atoms with E-state index >= 15 is 0 Å². The highest BCUT2D eigenvalue weighted by molar-refractivity contribution is 6.06. The van der Waals surface area contributed by atoms with Gasteiger partial charge < -0.3 is 10.6 Å². The Kier molecular flexibility index (Phi) is 4.11. The number of fused-ring (bicyclic) bond motifs is 1. The third kappa shape index (κ3) is 3.17. The Labute approximate surface area is 138 Å². The molecule has 0 saturated heterocycles. The maximum Gasteiger partial charge on any atom is 0.323 e. The molecule has 0 radical (unpaired) electrons. The Morgan fingerprint density at radius 2 is 1.67 bits per heavy atom. The Hall–Kier alpha value is -3.41. The summed E-state index contributed by atoms with van der Waals surface area (Å²) in [4.78, 5) is 22.8. The van der Waals surface area contributed by atoms with Gasteiger partial charge in [-0.1, -0.05) is 42.5 Å². The molecular weight excluding hydrogens is 306 g/mol. The highest BCUT2D eigenvalue weighted by Gasteiger charge is 2.16. The Bertz CT molecular complexity index is 932. The monoisotopic (exact) mass is 321 g/mol. The number of anilines is 2. The second kappa shape index (κ2) is 6.37. The van der Waals surface area contributed by atoms with Crippen LogP contribution in [0.4, 0.5) is 21.9 Å². The highest BCUT2D eigenvalue weighted by Crippen LogP contribution is 2.26. The standard InChI is InChI=1S/C18H15N3O3/c1-12-9-10-16(17(11-12)21(23)24)20-18(22)19-15-8-4-6-13-5-2-3-7-14(13)15/h2-11H,1H3,(H2,19,20,22). The van der Waals surface area contributed by atoms with Gasteiger partial charge in [-0.15, -0.1) is 0 Å². The van der Waals surface area contributed by atoms with Crippen molar-refractivity contribution >= 4 is 33.9 Å². The van der Waals surface area contributed by atoms with Crippen molar-refractivity contribution < 1.29 is 9.72 Å². The molecule has 3 aromatic carbocycles. The first-order chi connectivity index (χ1) is 11.5. The van der Waals surface area contributed by atoms with E-state index < -0.39 is 11.0 Å². The largest absolute Gasteiger partial charge is 0.323 e. The molecule has 0 aliphatic carbocycles. The summed E-state index contributed by atoms with van der Waals surface area (Å²) in [6.07, 6.45) is 0. The molecule has 3 aromatic rings. The molecular formula is C18H15N3O3. The van der Waals surface area contributed by atoms with E-state index in [9.17, 15) is 14.9 Å². The molecule has 0 heterocycles. The molecule has 6 heteroatoms. The number of nitrogens with zero attached hydrogens (tertiary/aromatic N) is 1. The maximum absolute atomic E-state index is 12.2. The number of nitro groups is 1. The number of nitro benzene ring substituents is 1. The molecule has 24 heavy (non-hydrogen) atoms. The van der Waals surface area contributed by atoms with Gasteiger partial charge in [0, 0.05) is 11.5 Å². The van der Waals surface area contributed by atoms with Crippen LogP contribution in [-0.2, 0) is 0 Å². The number of carbonyl (C=O) groups excluding carboxylic acids is 1. The van der Waals surface area contributed by atoms with Crippen LogP contribution in [0.5, 0.6) is 0 Å². The number of hydrogen-bond acceptors (Lipinski definition) is 3. The molecule has 3 rings (SSSR count). The first kappa shape index (κ1) is 15.5. The molecule has 0 bridgehead atoms. The smallest absolute Gasteiger partial charge is 0.307 e. The van der Waals surface area contributed by atoms with Crippen molar-refractivity contribution in [2.75, 3.05) is 10.6 Å². The first-order valence-corrected chi connectivity index (χ1v) is 7.35. The van der Waals surface area contributed by atoms with Gasteiger partial charge >= 0.3 is 6.03 Å². The molecule has 0 spiro atoms. The third-order valence-corrected chi connectivity index (χ3v) is 3.64. The number of carbonyl (C=O) groups is 1. The van der Waals surface area contributed by atoms with Crippen molar-refractivity contribution in [3.8, 4) is 0 Å². The zero-order valence-electron chi connectivity index (χ0n) is 12.9. The summed E-state index contributed by atoms with van der Waals surface area (Å²) in [5.74, 6) is 0. The van der Waals surface area contributed by atoms with Crippen LogP contribution in [0.25, 0.3) is 10.8 Å². The topological polar surface area (TPSA) is 84.3 Å². The molecule has 2 N–H and O–H groups in total. The lowest BCUT2D eigenvalue weighted by molar-refractivity contribution is -0.384. The Balaban J connectivity index is 1.85. The van der Waals surface area contributed by atoms with Gasteiger partial charge in [0.2, 0.25) is 0 Å². The number of rotatable bonds is 3. The highest BCUT2D eigenvalue weighted by atomic mass is 16.6. The fraction of sp³-hybridized carbons (Fsp3) is 0.0556. The summed E-state index contributed by atoms with van der Waals surface area (Å²) in [5.41, 5.74) is 1.41. The molecule has 0 fully saturated rings. The van der Waals surface area contributed by atoms with Crippen LogP contribution in [-0.4, -0.2) is 11.0 Å². The predicted molar refractivity (Wildman–Crippen MR) is 94.4 cm³/mol. The fourth-order valence-electron chi connectivity index (χ4n) is 2.51. The molecule has 0 aliphatic rings. The summed E-state index contributed by atoms with van der Waals surface area (Å²) < 4.78 is 0. The molecule has 0 aromatic heterocycles. The number of amides is 2. The summed E-state index contributed by atoms with van der Waals surface area (Å²) in [6, 6.07) is 17.4. The zero-order chi connectivity index (χ0) is 17.1. The van der Waals surface area contributed by atoms with Crippen molar-refractivity contribution in [3.05, 3.63) is 76.3 Å². The Morgan fingerprint density at radius 3 is 2.46 bits per heavy atom. The molecule has 6 nitrogen and oxygen atoms in total. The minimum Gasteiger partial charge on any atom is -0.307 e. The molecule has 0 unspecified atom stereocenters. The average molecular weight is 321 g/mol. The van der Waals surface area contributed by atoms with E-state index in [1.54, 1.807) is 19.1 Å². The summed E-state index contributed by atoms with van der Waals surface area (Å²) in [6.45, 7) is 1.76. The summed E-state index contributed by atoms with van der Waals surface area (Å²) in [5, 5.41) is 18.3. The lowest BCUT2D eigenvalue weighted by Gasteiger charge is -2.10. The van der Waals surface area contributed by atoms with E-state index in [1.165, 1.54) is 12.1 Å². The second-order valence-electron chi connectivity index (χ2n) is 5.38. The summed E-state index contributed by atoms with van der Waals surface area (Å²) in [7, 11) is 0. The van der Waals surface area contributed by atoms with Crippen LogP contribution in [0.2, 0.25) is 0 Å². The average Bonchev–Trinajstić information content (AvgIpc) is 2.56. The number of hydrogen-bond donors (Lipinski definition) is 2. The maximum atomic E-state index is 12.2. The third-order valence-electron chi connectivity index (χ3n) is 3.64. The minimum absolute atomic E-state index is 0.136. The molecule has 0 saturated carbocycles. The van der Waals surface area contributed by atoms with Gasteiger partial charge in [-0.25, -0.2) is 4.79 Å². The minimum atomic E-state index is -0.529. The van der Waals surface area contributed by atoms with E-state index in [0.717, 1.165) is 16.3 Å². The quantitative estimate of drug-likeness (QED) is 0.541. The summed E-state index contributed by atoms with van der Waals surface area (Å²) >= 11 is 0. The number of nitrogens with one attached hydrogen (secondary N) is 2. The van der Waals surface area contributed by atoms with Crippen LogP contribution in [0.1, 0.15) is 5.56 Å². The van der Waals surface area contributed by atoms with E-state index in [0.29, 0.717) is 5.69 Å². The van der Waals surface area contributed by atoms with Crippen molar-refractivity contribution in [2.45, 2.75) is 6.92 Å². The van der Waals surface area contributed by atoms with Gasteiger partial charge in [0.25, 0.3) is 5.69 Å². The van der Waals surface area contributed by atoms with E-state index in [4.69, 9.17) is 0 Å². The molecule has 0 atom stereocenters. The van der Waals surface area contributed by atoms with Crippen LogP contribution in [0.3, 0.4) is 0 Å². The number of urea groups is 1. The van der Waals surface area contributed by atoms with Gasteiger partial charge in [0.1, 0.15) is 5.69 Å². The predicted octanol–water partition coefficient (Wildman–Crippen LogP) is 4.70. The zero-order valence-corrected chi connectivity index (χ0v) is 12.9. The van der Waals surface area contributed by atoms with E-state index in [2.05, 4.69) is 10.6 Å². The van der Waals surface area contributed by atoms with Crippen LogP contribution >= 0.6 is 0 Å². The van der Waals surface area contributed by atoms with Gasteiger partial charge in [0.05, 0.1) is 10.6 Å². The van der Waals surface area contributed by atoms with Crippen LogP contribution in [0, 0.1) is 17.0 Å². The van der Waals surface area contributed by atoms with Crippen molar-refractivity contribution in [1.29, 1.82) is 0 Å². The van der Waals surface area contributed by atoms with Crippen LogP contribution in [0.15, 0.2) is 60.7 Å². The van der Waals surface area contributed by atoms with E-state index in [1.807, 2.05) is 36.4 Å². The second-order valence-corrected chi connectivity index (χ2v) is 5.38. The van der Waals surface area contributed by atoms with Gasteiger partial charge in [-0.2, -0.15) is 0 Å². The van der Waals surface area contributed by atoms with E-state index in [-0.39, 0.29) is 11.4 Å². The van der Waals surface area contributed by atoms with Gasteiger partial charge in [-0.3, -0.25) is 10.1 Å². The number of aryl methyl sites for hydroxylation is 1. The van der Waals surface area contributed by atoms with Gasteiger partial charge in [0.15, 0.2) is 0 Å². The van der Waals surface area contributed by atoms with Crippen molar-refractivity contribution in [1.82, 2.24) is 0 Å². The van der Waals surface area contributed by atoms with Crippen molar-refractivity contribution in [2.24, 2.45) is 0 Å². The SMILES string of the molecule is Cc1ccc(NC(=O)Nc2cccc3ccccc23)c([N+](=O)[O-])c1. The Morgan fingerprint density at radius 1 is 0.958 bits per heavy atom. The lowest BCUT2D eigenvalue weighted by atomic mass is 10.1. The first-order valence-electron chi connectivity index (χ1n) is 7.35. The fourth-order valence-corrected chi connectivity index (χ4v) is 2.51. The lowest BCUT2D eigenvalue weighted by Crippen LogP contribution is -2.20.